The van der Waals surface area contributed by atoms with Crippen LogP contribution in [-0.4, -0.2) is 25.0 Å². The molecule has 26 heavy (non-hydrogen) atoms. The monoisotopic (exact) mass is 378 g/mol. The van der Waals surface area contributed by atoms with E-state index in [4.69, 9.17) is 25.8 Å². The lowest BCUT2D eigenvalue weighted by Crippen LogP contribution is -2.39. The van der Waals surface area contributed by atoms with Crippen LogP contribution in [0.5, 0.6) is 11.5 Å². The zero-order chi connectivity index (χ0) is 18.1. The summed E-state index contributed by atoms with van der Waals surface area (Å²) in [4.78, 5) is 24.7. The molecule has 0 amide bonds. The predicted molar refractivity (Wildman–Crippen MR) is 95.4 cm³/mol. The van der Waals surface area contributed by atoms with Gasteiger partial charge in [-0.1, -0.05) is 18.0 Å². The van der Waals surface area contributed by atoms with Crippen molar-refractivity contribution in [3.05, 3.63) is 22.7 Å². The van der Waals surface area contributed by atoms with Crippen LogP contribution in [0.3, 0.4) is 0 Å². The molecule has 1 aliphatic heterocycles. The van der Waals surface area contributed by atoms with Crippen molar-refractivity contribution in [3.63, 3.8) is 0 Å². The van der Waals surface area contributed by atoms with Crippen molar-refractivity contribution in [3.8, 4) is 11.5 Å². The van der Waals surface area contributed by atoms with Crippen LogP contribution in [-0.2, 0) is 20.9 Å². The quantitative estimate of drug-likeness (QED) is 0.745. The fourth-order valence-corrected chi connectivity index (χ4v) is 4.60. The van der Waals surface area contributed by atoms with Crippen molar-refractivity contribution in [2.45, 2.75) is 45.1 Å². The molecule has 5 nitrogen and oxygen atoms in total. The number of hydrogen-bond donors (Lipinski definition) is 0. The number of esters is 1. The maximum absolute atomic E-state index is 12.5. The van der Waals surface area contributed by atoms with E-state index >= 15 is 0 Å². The number of ketones is 1. The second kappa shape index (κ2) is 7.47. The zero-order valence-electron chi connectivity index (χ0n) is 14.7. The SMILES string of the molecule is O=C(OCc1cc(Cl)c2c(c1)OCCCO2)C1C[C@H]2CCC[C@@H](C1)C2=O. The second-order valence-corrected chi connectivity index (χ2v) is 7.87. The third-order valence-electron chi connectivity index (χ3n) is 5.62. The van der Waals surface area contributed by atoms with E-state index in [1.54, 1.807) is 6.07 Å². The number of fused-ring (bicyclic) bond motifs is 3. The lowest BCUT2D eigenvalue weighted by Gasteiger charge is -2.36. The van der Waals surface area contributed by atoms with Crippen LogP contribution < -0.4 is 9.47 Å². The number of hydrogen-bond acceptors (Lipinski definition) is 5. The van der Waals surface area contributed by atoms with Crippen LogP contribution in [0.1, 0.15) is 44.1 Å². The Hall–Kier alpha value is -1.75. The van der Waals surface area contributed by atoms with Crippen LogP contribution in [0.4, 0.5) is 0 Å². The van der Waals surface area contributed by atoms with Gasteiger partial charge in [-0.25, -0.2) is 0 Å². The molecular weight excluding hydrogens is 356 g/mol. The van der Waals surface area contributed by atoms with E-state index in [-0.39, 0.29) is 30.3 Å². The molecule has 0 spiro atoms. The Balaban J connectivity index is 1.40. The molecule has 0 radical (unpaired) electrons. The van der Waals surface area contributed by atoms with Gasteiger partial charge in [0.05, 0.1) is 24.2 Å². The van der Waals surface area contributed by atoms with Gasteiger partial charge in [0.15, 0.2) is 11.5 Å². The van der Waals surface area contributed by atoms with Gasteiger partial charge in [-0.15, -0.1) is 0 Å². The van der Waals surface area contributed by atoms with Crippen molar-refractivity contribution in [2.24, 2.45) is 17.8 Å². The minimum Gasteiger partial charge on any atom is -0.489 e. The molecule has 140 valence electrons. The molecule has 1 heterocycles. The van der Waals surface area contributed by atoms with Gasteiger partial charge in [0.2, 0.25) is 0 Å². The summed E-state index contributed by atoms with van der Waals surface area (Å²) in [7, 11) is 0. The summed E-state index contributed by atoms with van der Waals surface area (Å²) in [6.07, 6.45) is 5.00. The van der Waals surface area contributed by atoms with Crippen molar-refractivity contribution in [1.82, 2.24) is 0 Å². The zero-order valence-corrected chi connectivity index (χ0v) is 15.4. The smallest absolute Gasteiger partial charge is 0.309 e. The van der Waals surface area contributed by atoms with Gasteiger partial charge in [-0.05, 0) is 43.4 Å². The lowest BCUT2D eigenvalue weighted by atomic mass is 9.67. The first kappa shape index (κ1) is 17.7. The van der Waals surface area contributed by atoms with E-state index < -0.39 is 0 Å². The van der Waals surface area contributed by atoms with Gasteiger partial charge < -0.3 is 14.2 Å². The molecule has 0 N–H and O–H groups in total. The first-order valence-corrected chi connectivity index (χ1v) is 9.78. The fourth-order valence-electron chi connectivity index (χ4n) is 4.31. The third-order valence-corrected chi connectivity index (χ3v) is 5.91. The second-order valence-electron chi connectivity index (χ2n) is 7.46. The summed E-state index contributed by atoms with van der Waals surface area (Å²) in [6.45, 7) is 1.30. The summed E-state index contributed by atoms with van der Waals surface area (Å²) >= 11 is 6.28. The molecule has 4 rings (SSSR count). The van der Waals surface area contributed by atoms with Gasteiger partial charge in [0, 0.05) is 18.3 Å². The Labute approximate surface area is 157 Å². The first-order chi connectivity index (χ1) is 12.6. The Bertz CT molecular complexity index is 700. The molecule has 2 fully saturated rings. The summed E-state index contributed by atoms with van der Waals surface area (Å²) in [5, 5.41) is 0.466. The molecule has 0 saturated heterocycles. The molecular formula is C20H23ClO5. The first-order valence-electron chi connectivity index (χ1n) is 9.40. The standard InChI is InChI=1S/C20H23ClO5/c21-16-7-12(8-17-19(16)25-6-2-5-24-17)11-26-20(23)15-9-13-3-1-4-14(10-15)18(13)22/h7-8,13-15H,1-6,9-11H2/t13-,14+,15?. The highest BCUT2D eigenvalue weighted by Gasteiger charge is 2.41. The van der Waals surface area contributed by atoms with E-state index in [1.165, 1.54) is 0 Å². The number of Topliss-reactive ketones (excluding diaryl/α,β-unsaturated/α-hetero) is 1. The van der Waals surface area contributed by atoms with Crippen LogP contribution in [0.2, 0.25) is 5.02 Å². The van der Waals surface area contributed by atoms with Crippen molar-refractivity contribution in [2.75, 3.05) is 13.2 Å². The number of carbonyl (C=O) groups excluding carboxylic acids is 2. The molecule has 1 aromatic carbocycles. The van der Waals surface area contributed by atoms with Crippen LogP contribution in [0.15, 0.2) is 12.1 Å². The molecule has 3 atom stereocenters. The normalized spacial score (nSPS) is 27.6. The number of carbonyl (C=O) groups is 2. The van der Waals surface area contributed by atoms with Crippen molar-refractivity contribution < 1.29 is 23.8 Å². The predicted octanol–water partition coefficient (Wildman–Crippen LogP) is 3.94. The molecule has 2 bridgehead atoms. The van der Waals surface area contributed by atoms with E-state index in [1.807, 2.05) is 6.07 Å². The summed E-state index contributed by atoms with van der Waals surface area (Å²) in [5.41, 5.74) is 0.777. The largest absolute Gasteiger partial charge is 0.489 e. The molecule has 0 aromatic heterocycles. The van der Waals surface area contributed by atoms with Crippen LogP contribution in [0.25, 0.3) is 0 Å². The topological polar surface area (TPSA) is 61.8 Å². The maximum Gasteiger partial charge on any atom is 0.309 e. The van der Waals surface area contributed by atoms with Gasteiger partial charge in [-0.2, -0.15) is 0 Å². The lowest BCUT2D eigenvalue weighted by molar-refractivity contribution is -0.154. The summed E-state index contributed by atoms with van der Waals surface area (Å²) < 4.78 is 16.8. The Morgan fingerprint density at radius 2 is 1.85 bits per heavy atom. The summed E-state index contributed by atoms with van der Waals surface area (Å²) in [6, 6.07) is 3.57. The molecule has 2 saturated carbocycles. The van der Waals surface area contributed by atoms with Crippen molar-refractivity contribution >= 4 is 23.4 Å². The minimum absolute atomic E-state index is 0.0486. The highest BCUT2D eigenvalue weighted by molar-refractivity contribution is 6.32. The molecule has 6 heteroatoms. The van der Waals surface area contributed by atoms with Gasteiger partial charge in [0.25, 0.3) is 0 Å². The van der Waals surface area contributed by atoms with Gasteiger partial charge in [0.1, 0.15) is 12.4 Å². The summed E-state index contributed by atoms with van der Waals surface area (Å²) in [5.74, 6) is 1.23. The van der Waals surface area contributed by atoms with Gasteiger partial charge in [-0.3, -0.25) is 9.59 Å². The van der Waals surface area contributed by atoms with Crippen LogP contribution in [0, 0.1) is 17.8 Å². The highest BCUT2D eigenvalue weighted by atomic mass is 35.5. The average Bonchev–Trinajstić information content (AvgIpc) is 2.85. The number of halogens is 1. The van der Waals surface area contributed by atoms with E-state index in [0.717, 1.165) is 31.2 Å². The minimum atomic E-state index is -0.211. The van der Waals surface area contributed by atoms with E-state index in [9.17, 15) is 9.59 Å². The molecule has 1 unspecified atom stereocenters. The highest BCUT2D eigenvalue weighted by Crippen LogP contribution is 2.41. The maximum atomic E-state index is 12.5. The number of benzene rings is 1. The van der Waals surface area contributed by atoms with E-state index in [0.29, 0.717) is 48.4 Å². The third kappa shape index (κ3) is 3.54. The molecule has 1 aromatic rings. The fraction of sp³-hybridized carbons (Fsp3) is 0.600. The average molecular weight is 379 g/mol. The molecule has 3 aliphatic rings. The van der Waals surface area contributed by atoms with E-state index in [2.05, 4.69) is 0 Å². The van der Waals surface area contributed by atoms with Gasteiger partial charge >= 0.3 is 5.97 Å². The number of rotatable bonds is 3. The van der Waals surface area contributed by atoms with Crippen LogP contribution >= 0.6 is 11.6 Å². The number of ether oxygens (including phenoxy) is 3. The van der Waals surface area contributed by atoms with Crippen molar-refractivity contribution in [1.29, 1.82) is 0 Å². The Kier molecular flexibility index (Phi) is 5.07. The molecule has 2 aliphatic carbocycles. The Morgan fingerprint density at radius 1 is 1.12 bits per heavy atom. The Morgan fingerprint density at radius 3 is 2.62 bits per heavy atom.